The molecule has 0 spiro atoms. The Kier molecular flexibility index (Phi) is 3.28. The van der Waals surface area contributed by atoms with E-state index < -0.39 is 0 Å². The molecule has 94 valence electrons. The van der Waals surface area contributed by atoms with Gasteiger partial charge in [0.25, 0.3) is 0 Å². The number of anilines is 1. The van der Waals surface area contributed by atoms with E-state index in [1.54, 1.807) is 11.8 Å². The van der Waals surface area contributed by atoms with Gasteiger partial charge in [-0.25, -0.2) is 4.98 Å². The molecule has 0 amide bonds. The van der Waals surface area contributed by atoms with E-state index in [9.17, 15) is 0 Å². The molecule has 1 aliphatic carbocycles. The molecule has 4 heteroatoms. The van der Waals surface area contributed by atoms with Crippen LogP contribution >= 0.6 is 11.8 Å². The van der Waals surface area contributed by atoms with E-state index in [-0.39, 0.29) is 0 Å². The third-order valence-corrected chi connectivity index (χ3v) is 4.05. The van der Waals surface area contributed by atoms with Crippen molar-refractivity contribution >= 4 is 17.4 Å². The summed E-state index contributed by atoms with van der Waals surface area (Å²) in [6.07, 6.45) is 8.62. The Morgan fingerprint density at radius 3 is 3.00 bits per heavy atom. The summed E-state index contributed by atoms with van der Waals surface area (Å²) < 4.78 is 2.30. The van der Waals surface area contributed by atoms with Crippen LogP contribution in [0.25, 0.3) is 0 Å². The summed E-state index contributed by atoms with van der Waals surface area (Å²) in [6, 6.07) is 9.11. The van der Waals surface area contributed by atoms with Crippen LogP contribution in [0.5, 0.6) is 0 Å². The van der Waals surface area contributed by atoms with E-state index in [0.717, 1.165) is 6.54 Å². The zero-order valence-corrected chi connectivity index (χ0v) is 11.3. The van der Waals surface area contributed by atoms with Gasteiger partial charge in [-0.15, -0.1) is 11.8 Å². The van der Waals surface area contributed by atoms with Crippen molar-refractivity contribution in [3.05, 3.63) is 42.5 Å². The monoisotopic (exact) mass is 259 g/mol. The first-order chi connectivity index (χ1) is 8.88. The molecule has 3 nitrogen and oxygen atoms in total. The van der Waals surface area contributed by atoms with Crippen molar-refractivity contribution in [2.75, 3.05) is 11.6 Å². The minimum absolute atomic E-state index is 0.695. The number of aromatic nitrogens is 2. The zero-order chi connectivity index (χ0) is 12.4. The number of nitrogens with one attached hydrogen (secondary N) is 1. The molecule has 18 heavy (non-hydrogen) atoms. The first-order valence-electron chi connectivity index (χ1n) is 6.26. The van der Waals surface area contributed by atoms with Gasteiger partial charge in [-0.05, 0) is 31.2 Å². The van der Waals surface area contributed by atoms with Gasteiger partial charge in [0.1, 0.15) is 0 Å². The van der Waals surface area contributed by atoms with Gasteiger partial charge in [0, 0.05) is 22.8 Å². The lowest BCUT2D eigenvalue weighted by atomic mass is 10.3. The van der Waals surface area contributed by atoms with Gasteiger partial charge in [-0.3, -0.25) is 0 Å². The highest BCUT2D eigenvalue weighted by Crippen LogP contribution is 2.35. The summed E-state index contributed by atoms with van der Waals surface area (Å²) in [5.41, 5.74) is 2.47. The molecule has 1 N–H and O–H groups in total. The van der Waals surface area contributed by atoms with Gasteiger partial charge in [0.05, 0.1) is 18.6 Å². The third-order valence-electron chi connectivity index (χ3n) is 3.25. The molecular weight excluding hydrogens is 242 g/mol. The molecule has 0 atom stereocenters. The number of imidazole rings is 1. The second kappa shape index (κ2) is 5.06. The van der Waals surface area contributed by atoms with Crippen molar-refractivity contribution in [3.63, 3.8) is 0 Å². The summed E-state index contributed by atoms with van der Waals surface area (Å²) >= 11 is 1.77. The maximum atomic E-state index is 4.26. The standard InChI is InChI=1S/C14H17N3S/c1-18-14-5-3-2-4-13(14)16-9-12-8-15-10-17(12)11-6-7-11/h2-5,8,10-11,16H,6-7,9H2,1H3. The molecule has 3 rings (SSSR count). The van der Waals surface area contributed by atoms with Gasteiger partial charge in [-0.1, -0.05) is 12.1 Å². The summed E-state index contributed by atoms with van der Waals surface area (Å²) in [7, 11) is 0. The van der Waals surface area contributed by atoms with E-state index in [1.165, 1.54) is 29.1 Å². The summed E-state index contributed by atoms with van der Waals surface area (Å²) in [5, 5.41) is 3.51. The zero-order valence-electron chi connectivity index (χ0n) is 10.5. The largest absolute Gasteiger partial charge is 0.379 e. The van der Waals surface area contributed by atoms with Crippen molar-refractivity contribution < 1.29 is 0 Å². The maximum Gasteiger partial charge on any atom is 0.0951 e. The highest BCUT2D eigenvalue weighted by molar-refractivity contribution is 7.98. The second-order valence-corrected chi connectivity index (χ2v) is 5.43. The molecule has 0 unspecified atom stereocenters. The SMILES string of the molecule is CSc1ccccc1NCc1cncn1C1CC1. The van der Waals surface area contributed by atoms with Crippen LogP contribution in [0, 0.1) is 0 Å². The van der Waals surface area contributed by atoms with Crippen LogP contribution in [0.1, 0.15) is 24.6 Å². The fraction of sp³-hybridized carbons (Fsp3) is 0.357. The third kappa shape index (κ3) is 2.38. The highest BCUT2D eigenvalue weighted by atomic mass is 32.2. The number of hydrogen-bond donors (Lipinski definition) is 1. The van der Waals surface area contributed by atoms with E-state index in [1.807, 2.05) is 12.5 Å². The molecule has 0 radical (unpaired) electrons. The van der Waals surface area contributed by atoms with Gasteiger partial charge in [-0.2, -0.15) is 0 Å². The predicted octanol–water partition coefficient (Wildman–Crippen LogP) is 3.55. The normalized spacial score (nSPS) is 14.7. The Hall–Kier alpha value is -1.42. The first-order valence-corrected chi connectivity index (χ1v) is 7.48. The van der Waals surface area contributed by atoms with Crippen molar-refractivity contribution in [3.8, 4) is 0 Å². The lowest BCUT2D eigenvalue weighted by Crippen LogP contribution is -2.06. The predicted molar refractivity (Wildman–Crippen MR) is 76.0 cm³/mol. The molecular formula is C14H17N3S. The molecule has 0 aliphatic heterocycles. The highest BCUT2D eigenvalue weighted by Gasteiger charge is 2.24. The van der Waals surface area contributed by atoms with Crippen molar-refractivity contribution in [2.45, 2.75) is 30.3 Å². The van der Waals surface area contributed by atoms with Crippen LogP contribution in [0.2, 0.25) is 0 Å². The van der Waals surface area contributed by atoms with Crippen molar-refractivity contribution in [1.82, 2.24) is 9.55 Å². The average molecular weight is 259 g/mol. The molecule has 1 fully saturated rings. The summed E-state index contributed by atoms with van der Waals surface area (Å²) in [5.74, 6) is 0. The van der Waals surface area contributed by atoms with E-state index in [2.05, 4.69) is 45.4 Å². The maximum absolute atomic E-state index is 4.26. The van der Waals surface area contributed by atoms with Crippen LogP contribution in [0.3, 0.4) is 0 Å². The topological polar surface area (TPSA) is 29.9 Å². The molecule has 0 bridgehead atoms. The molecule has 1 aliphatic rings. The summed E-state index contributed by atoms with van der Waals surface area (Å²) in [4.78, 5) is 5.54. The number of rotatable bonds is 5. The molecule has 1 heterocycles. The molecule has 0 saturated heterocycles. The van der Waals surface area contributed by atoms with E-state index in [0.29, 0.717) is 6.04 Å². The average Bonchev–Trinajstić information content (AvgIpc) is 3.16. The smallest absolute Gasteiger partial charge is 0.0951 e. The Bertz CT molecular complexity index is 531. The number of thioether (sulfide) groups is 1. The van der Waals surface area contributed by atoms with Crippen LogP contribution in [-0.4, -0.2) is 15.8 Å². The minimum Gasteiger partial charge on any atom is -0.379 e. The van der Waals surface area contributed by atoms with Gasteiger partial charge in [0.2, 0.25) is 0 Å². The Balaban J connectivity index is 1.71. The lowest BCUT2D eigenvalue weighted by molar-refractivity contribution is 0.700. The Morgan fingerprint density at radius 1 is 1.39 bits per heavy atom. The molecule has 2 aromatic rings. The molecule has 1 aromatic carbocycles. The lowest BCUT2D eigenvalue weighted by Gasteiger charge is -2.11. The molecule has 1 aromatic heterocycles. The van der Waals surface area contributed by atoms with Crippen molar-refractivity contribution in [1.29, 1.82) is 0 Å². The van der Waals surface area contributed by atoms with E-state index in [4.69, 9.17) is 0 Å². The van der Waals surface area contributed by atoms with Crippen LogP contribution in [0.15, 0.2) is 41.7 Å². The number of hydrogen-bond acceptors (Lipinski definition) is 3. The fourth-order valence-corrected chi connectivity index (χ4v) is 2.70. The fourth-order valence-electron chi connectivity index (χ4n) is 2.13. The van der Waals surface area contributed by atoms with Crippen LogP contribution < -0.4 is 5.32 Å². The summed E-state index contributed by atoms with van der Waals surface area (Å²) in [6.45, 7) is 0.841. The number of para-hydroxylation sites is 1. The van der Waals surface area contributed by atoms with Crippen LogP contribution in [-0.2, 0) is 6.54 Å². The number of benzene rings is 1. The van der Waals surface area contributed by atoms with Gasteiger partial charge < -0.3 is 9.88 Å². The van der Waals surface area contributed by atoms with Crippen LogP contribution in [0.4, 0.5) is 5.69 Å². The van der Waals surface area contributed by atoms with Crippen molar-refractivity contribution in [2.24, 2.45) is 0 Å². The first kappa shape index (κ1) is 11.7. The minimum atomic E-state index is 0.695. The van der Waals surface area contributed by atoms with E-state index >= 15 is 0 Å². The van der Waals surface area contributed by atoms with Gasteiger partial charge >= 0.3 is 0 Å². The quantitative estimate of drug-likeness (QED) is 0.833. The number of nitrogens with zero attached hydrogens (tertiary/aromatic N) is 2. The molecule has 1 saturated carbocycles. The van der Waals surface area contributed by atoms with Gasteiger partial charge in [0.15, 0.2) is 0 Å². The second-order valence-electron chi connectivity index (χ2n) is 4.58. The Morgan fingerprint density at radius 2 is 2.22 bits per heavy atom. The Labute approximate surface area is 112 Å².